The van der Waals surface area contributed by atoms with Crippen molar-refractivity contribution in [2.24, 2.45) is 0 Å². The van der Waals surface area contributed by atoms with Gasteiger partial charge in [0, 0.05) is 38.6 Å². The Morgan fingerprint density at radius 3 is 2.67 bits per heavy atom. The van der Waals surface area contributed by atoms with E-state index in [1.807, 2.05) is 0 Å². The Labute approximate surface area is 142 Å². The second kappa shape index (κ2) is 7.18. The van der Waals surface area contributed by atoms with Gasteiger partial charge in [-0.25, -0.2) is 4.98 Å². The highest BCUT2D eigenvalue weighted by Gasteiger charge is 2.25. The maximum atomic E-state index is 12.6. The zero-order chi connectivity index (χ0) is 16.9. The summed E-state index contributed by atoms with van der Waals surface area (Å²) < 4.78 is 0. The fourth-order valence-electron chi connectivity index (χ4n) is 2.35. The molecule has 24 heavy (non-hydrogen) atoms. The van der Waals surface area contributed by atoms with E-state index in [0.29, 0.717) is 36.7 Å². The van der Waals surface area contributed by atoms with E-state index in [1.54, 1.807) is 21.2 Å². The summed E-state index contributed by atoms with van der Waals surface area (Å²) in [6, 6.07) is 1.69. The standard InChI is InChI=1S/C15H15N5O3S/c21-10-19-4-6-20(7-5-19)15(23)13-11(1-8-24-13)18-14(22)12-9-16-2-3-17-12/h1-3,8-10H,4-7H2,(H,18,22). The summed E-state index contributed by atoms with van der Waals surface area (Å²) in [5.74, 6) is -0.564. The fraction of sp³-hybridized carbons (Fsp3) is 0.267. The molecule has 3 rings (SSSR count). The Hall–Kier alpha value is -2.81. The highest BCUT2D eigenvalue weighted by atomic mass is 32.1. The fourth-order valence-corrected chi connectivity index (χ4v) is 3.17. The molecule has 3 amide bonds. The molecule has 124 valence electrons. The lowest BCUT2D eigenvalue weighted by atomic mass is 10.2. The highest BCUT2D eigenvalue weighted by Crippen LogP contribution is 2.25. The Morgan fingerprint density at radius 2 is 2.00 bits per heavy atom. The van der Waals surface area contributed by atoms with Crippen molar-refractivity contribution >= 4 is 35.2 Å². The third-order valence-corrected chi connectivity index (χ3v) is 4.56. The van der Waals surface area contributed by atoms with Gasteiger partial charge in [0.05, 0.1) is 11.9 Å². The highest BCUT2D eigenvalue weighted by molar-refractivity contribution is 7.12. The second-order valence-electron chi connectivity index (χ2n) is 5.14. The Morgan fingerprint density at radius 1 is 1.21 bits per heavy atom. The van der Waals surface area contributed by atoms with Crippen LogP contribution in [0.5, 0.6) is 0 Å². The molecule has 1 aliphatic heterocycles. The van der Waals surface area contributed by atoms with Gasteiger partial charge in [-0.15, -0.1) is 11.3 Å². The molecule has 3 heterocycles. The largest absolute Gasteiger partial charge is 0.342 e. The van der Waals surface area contributed by atoms with Crippen molar-refractivity contribution in [3.8, 4) is 0 Å². The summed E-state index contributed by atoms with van der Waals surface area (Å²) in [5, 5.41) is 4.45. The SMILES string of the molecule is O=CN1CCN(C(=O)c2sccc2NC(=O)c2cnccn2)CC1. The summed E-state index contributed by atoms with van der Waals surface area (Å²) in [7, 11) is 0. The van der Waals surface area contributed by atoms with E-state index in [9.17, 15) is 14.4 Å². The molecule has 2 aromatic heterocycles. The van der Waals surface area contributed by atoms with Crippen LogP contribution in [0, 0.1) is 0 Å². The topological polar surface area (TPSA) is 95.5 Å². The molecule has 1 fully saturated rings. The number of carbonyl (C=O) groups is 3. The van der Waals surface area contributed by atoms with E-state index in [-0.39, 0.29) is 11.6 Å². The summed E-state index contributed by atoms with van der Waals surface area (Å²) in [4.78, 5) is 47.1. The molecule has 0 atom stereocenters. The monoisotopic (exact) mass is 345 g/mol. The zero-order valence-corrected chi connectivity index (χ0v) is 13.5. The van der Waals surface area contributed by atoms with Gasteiger partial charge in [-0.3, -0.25) is 19.4 Å². The average molecular weight is 345 g/mol. The molecule has 1 N–H and O–H groups in total. The lowest BCUT2D eigenvalue weighted by Gasteiger charge is -2.32. The van der Waals surface area contributed by atoms with Crippen molar-refractivity contribution in [2.75, 3.05) is 31.5 Å². The van der Waals surface area contributed by atoms with Gasteiger partial charge in [0.2, 0.25) is 6.41 Å². The number of nitrogens with one attached hydrogen (secondary N) is 1. The van der Waals surface area contributed by atoms with Crippen LogP contribution >= 0.6 is 11.3 Å². The number of hydrogen-bond donors (Lipinski definition) is 1. The molecule has 9 heteroatoms. The molecule has 0 unspecified atom stereocenters. The lowest BCUT2D eigenvalue weighted by Crippen LogP contribution is -2.48. The molecule has 1 saturated heterocycles. The van der Waals surface area contributed by atoms with Crippen molar-refractivity contribution in [2.45, 2.75) is 0 Å². The maximum Gasteiger partial charge on any atom is 0.275 e. The van der Waals surface area contributed by atoms with Crippen LogP contribution in [0.1, 0.15) is 20.2 Å². The predicted octanol–water partition coefficient (Wildman–Crippen LogP) is 0.705. The first-order valence-electron chi connectivity index (χ1n) is 7.32. The lowest BCUT2D eigenvalue weighted by molar-refractivity contribution is -0.119. The third kappa shape index (κ3) is 3.40. The summed E-state index contributed by atoms with van der Waals surface area (Å²) in [6.45, 7) is 1.99. The zero-order valence-electron chi connectivity index (χ0n) is 12.7. The number of anilines is 1. The predicted molar refractivity (Wildman–Crippen MR) is 87.8 cm³/mol. The van der Waals surface area contributed by atoms with Gasteiger partial charge in [-0.05, 0) is 11.4 Å². The van der Waals surface area contributed by atoms with Crippen molar-refractivity contribution in [3.05, 3.63) is 40.6 Å². The molecule has 0 spiro atoms. The van der Waals surface area contributed by atoms with Crippen molar-refractivity contribution < 1.29 is 14.4 Å². The molecular weight excluding hydrogens is 330 g/mol. The normalized spacial score (nSPS) is 14.3. The first-order valence-corrected chi connectivity index (χ1v) is 8.20. The number of amides is 3. The molecule has 0 saturated carbocycles. The number of piperazine rings is 1. The minimum Gasteiger partial charge on any atom is -0.342 e. The first-order chi connectivity index (χ1) is 11.7. The van der Waals surface area contributed by atoms with Crippen LogP contribution in [0.25, 0.3) is 0 Å². The number of aromatic nitrogens is 2. The smallest absolute Gasteiger partial charge is 0.275 e. The molecule has 0 bridgehead atoms. The van der Waals surface area contributed by atoms with Gasteiger partial charge in [0.25, 0.3) is 11.8 Å². The maximum absolute atomic E-state index is 12.6. The van der Waals surface area contributed by atoms with Crippen molar-refractivity contribution in [1.82, 2.24) is 19.8 Å². The van der Waals surface area contributed by atoms with E-state index < -0.39 is 5.91 Å². The van der Waals surface area contributed by atoms with Crippen molar-refractivity contribution in [3.63, 3.8) is 0 Å². The van der Waals surface area contributed by atoms with E-state index in [1.165, 1.54) is 29.9 Å². The number of hydrogen-bond acceptors (Lipinski definition) is 6. The molecule has 0 aliphatic carbocycles. The Balaban J connectivity index is 1.70. The van der Waals surface area contributed by atoms with Crippen LogP contribution in [0.2, 0.25) is 0 Å². The van der Waals surface area contributed by atoms with Gasteiger partial charge < -0.3 is 15.1 Å². The third-order valence-electron chi connectivity index (χ3n) is 3.65. The Kier molecular flexibility index (Phi) is 4.80. The number of nitrogens with zero attached hydrogens (tertiary/aromatic N) is 4. The number of rotatable bonds is 4. The van der Waals surface area contributed by atoms with Gasteiger partial charge in [-0.1, -0.05) is 0 Å². The number of carbonyl (C=O) groups excluding carboxylic acids is 3. The summed E-state index contributed by atoms with van der Waals surface area (Å²) in [5.41, 5.74) is 0.639. The molecule has 2 aromatic rings. The average Bonchev–Trinajstić information content (AvgIpc) is 3.10. The van der Waals surface area contributed by atoms with Gasteiger partial charge in [-0.2, -0.15) is 0 Å². The van der Waals surface area contributed by atoms with E-state index >= 15 is 0 Å². The van der Waals surface area contributed by atoms with Crippen LogP contribution in [0.3, 0.4) is 0 Å². The van der Waals surface area contributed by atoms with E-state index in [4.69, 9.17) is 0 Å². The molecule has 8 nitrogen and oxygen atoms in total. The van der Waals surface area contributed by atoms with E-state index in [0.717, 1.165) is 6.41 Å². The van der Waals surface area contributed by atoms with Gasteiger partial charge >= 0.3 is 0 Å². The van der Waals surface area contributed by atoms with Crippen LogP contribution < -0.4 is 5.32 Å². The van der Waals surface area contributed by atoms with Gasteiger partial charge in [0.1, 0.15) is 10.6 Å². The second-order valence-corrected chi connectivity index (χ2v) is 6.06. The molecule has 1 aliphatic rings. The summed E-state index contributed by atoms with van der Waals surface area (Å²) >= 11 is 1.27. The molecule has 0 radical (unpaired) electrons. The van der Waals surface area contributed by atoms with Crippen LogP contribution in [-0.2, 0) is 4.79 Å². The molecular formula is C15H15N5O3S. The van der Waals surface area contributed by atoms with Crippen LogP contribution in [0.15, 0.2) is 30.0 Å². The van der Waals surface area contributed by atoms with Crippen LogP contribution in [0.4, 0.5) is 5.69 Å². The first kappa shape index (κ1) is 16.1. The Bertz CT molecular complexity index is 741. The number of thiophene rings is 1. The van der Waals surface area contributed by atoms with Gasteiger partial charge in [0.15, 0.2) is 0 Å². The van der Waals surface area contributed by atoms with E-state index in [2.05, 4.69) is 15.3 Å². The van der Waals surface area contributed by atoms with Crippen LogP contribution in [-0.4, -0.2) is 64.2 Å². The quantitative estimate of drug-likeness (QED) is 0.823. The summed E-state index contributed by atoms with van der Waals surface area (Å²) in [6.07, 6.45) is 5.07. The molecule has 0 aromatic carbocycles. The minimum absolute atomic E-state index is 0.148. The van der Waals surface area contributed by atoms with Crippen molar-refractivity contribution in [1.29, 1.82) is 0 Å². The minimum atomic E-state index is -0.415.